The third-order valence-electron chi connectivity index (χ3n) is 2.49. The Labute approximate surface area is 155 Å². The maximum atomic E-state index is 9.07. The molecule has 0 aliphatic heterocycles. The van der Waals surface area contributed by atoms with Gasteiger partial charge >= 0.3 is 26.2 Å². The summed E-state index contributed by atoms with van der Waals surface area (Å²) in [4.78, 5) is 0. The van der Waals surface area contributed by atoms with Gasteiger partial charge in [-0.25, -0.2) is 0 Å². The van der Waals surface area contributed by atoms with Gasteiger partial charge in [-0.1, -0.05) is 6.92 Å². The molecule has 0 atom stereocenters. The molecule has 0 spiro atoms. The first kappa shape index (κ1) is 21.6. The quantitative estimate of drug-likeness (QED) is 0.575. The molecule has 110 valence electrons. The summed E-state index contributed by atoms with van der Waals surface area (Å²) in [6.07, 6.45) is 20.0. The van der Waals surface area contributed by atoms with Crippen molar-refractivity contribution in [2.24, 2.45) is 0 Å². The van der Waals surface area contributed by atoms with Gasteiger partial charge in [0, 0.05) is 5.75 Å². The van der Waals surface area contributed by atoms with E-state index in [-0.39, 0.29) is 31.9 Å². The molecule has 2 fully saturated rings. The molecule has 0 aromatic heterocycles. The number of hydrogen-bond acceptors (Lipinski definition) is 1. The van der Waals surface area contributed by atoms with Gasteiger partial charge in [0.1, 0.15) is 0 Å². The number of benzene rings is 1. The van der Waals surface area contributed by atoms with E-state index >= 15 is 0 Å². The van der Waals surface area contributed by atoms with E-state index in [1.807, 2.05) is 70.3 Å². The van der Waals surface area contributed by atoms with Gasteiger partial charge in [0.15, 0.2) is 0 Å². The van der Waals surface area contributed by atoms with Crippen LogP contribution in [0.1, 0.15) is 12.5 Å². The largest absolute Gasteiger partial charge is 2.00 e. The standard InChI is InChI=1S/C9H9NO.2C5H5.Zr/c1-7(10)8-4-3-5-9(6-8)11-2;2*1-2-4-5-3-1;/h3-5H,1-2H3;2*1-5H;/q-2;;;+2. The zero-order valence-corrected chi connectivity index (χ0v) is 15.3. The van der Waals surface area contributed by atoms with Crippen LogP contribution < -0.4 is 4.74 Å². The number of rotatable bonds is 2. The van der Waals surface area contributed by atoms with Gasteiger partial charge in [0.05, 0.1) is 7.11 Å². The predicted molar refractivity (Wildman–Crippen MR) is 88.0 cm³/mol. The predicted octanol–water partition coefficient (Wildman–Crippen LogP) is 3.91. The van der Waals surface area contributed by atoms with Crippen LogP contribution >= 0.6 is 0 Å². The number of ether oxygens (including phenoxy) is 1. The first-order valence-corrected chi connectivity index (χ1v) is 6.66. The van der Waals surface area contributed by atoms with Gasteiger partial charge in [-0.15, -0.1) is 24.3 Å². The van der Waals surface area contributed by atoms with Crippen molar-refractivity contribution in [2.75, 3.05) is 7.11 Å². The SMILES string of the molecule is COc1[c-]c(C(C)=[N-])ccc1.[CH]1[CH][CH][CH][CH]1.[CH]1[CH][CH][CH][CH]1.[Zr+2]. The van der Waals surface area contributed by atoms with Gasteiger partial charge in [0.25, 0.3) is 0 Å². The fourth-order valence-electron chi connectivity index (χ4n) is 1.42. The molecular formula is C19H19NOZr. The second-order valence-electron chi connectivity index (χ2n) is 4.14. The van der Waals surface area contributed by atoms with E-state index in [0.717, 1.165) is 0 Å². The van der Waals surface area contributed by atoms with Crippen molar-refractivity contribution in [1.82, 2.24) is 0 Å². The Morgan fingerprint density at radius 1 is 0.864 bits per heavy atom. The number of methoxy groups -OCH3 is 1. The molecule has 3 heteroatoms. The molecule has 0 heterocycles. The normalized spacial score (nSPS) is 15.5. The van der Waals surface area contributed by atoms with Gasteiger partial charge in [0.2, 0.25) is 0 Å². The monoisotopic (exact) mass is 367 g/mol. The Kier molecular flexibility index (Phi) is 13.9. The van der Waals surface area contributed by atoms with Crippen molar-refractivity contribution in [3.63, 3.8) is 0 Å². The fraction of sp³-hybridized carbons (Fsp3) is 0.105. The second-order valence-corrected chi connectivity index (χ2v) is 4.14. The smallest absolute Gasteiger partial charge is 0.859 e. The fourth-order valence-corrected chi connectivity index (χ4v) is 1.42. The Hall–Kier alpha value is -0.427. The minimum absolute atomic E-state index is 0. The third-order valence-corrected chi connectivity index (χ3v) is 2.49. The van der Waals surface area contributed by atoms with Crippen LogP contribution in [-0.2, 0) is 26.2 Å². The van der Waals surface area contributed by atoms with E-state index in [1.54, 1.807) is 26.2 Å². The maximum Gasteiger partial charge on any atom is 2.00 e. The minimum atomic E-state index is 0. The Morgan fingerprint density at radius 2 is 1.27 bits per heavy atom. The van der Waals surface area contributed by atoms with E-state index in [9.17, 15) is 0 Å². The summed E-state index contributed by atoms with van der Waals surface area (Å²) in [7, 11) is 1.57. The summed E-state index contributed by atoms with van der Waals surface area (Å²) in [5.41, 5.74) is 0.924. The van der Waals surface area contributed by atoms with E-state index in [2.05, 4.69) is 6.07 Å². The van der Waals surface area contributed by atoms with Crippen molar-refractivity contribution in [3.05, 3.63) is 99.4 Å². The molecule has 1 aromatic carbocycles. The van der Waals surface area contributed by atoms with Crippen LogP contribution in [0.25, 0.3) is 5.41 Å². The number of nitrogens with zero attached hydrogens (tertiary/aromatic N) is 1. The molecule has 3 rings (SSSR count). The van der Waals surface area contributed by atoms with Crippen LogP contribution in [0.3, 0.4) is 0 Å². The van der Waals surface area contributed by atoms with Crippen molar-refractivity contribution in [3.8, 4) is 5.75 Å². The van der Waals surface area contributed by atoms with Crippen LogP contribution in [0.2, 0.25) is 0 Å². The molecule has 2 aliphatic carbocycles. The summed E-state index contributed by atoms with van der Waals surface area (Å²) >= 11 is 0. The van der Waals surface area contributed by atoms with E-state index in [4.69, 9.17) is 10.1 Å². The average Bonchev–Trinajstić information content (AvgIpc) is 3.24. The van der Waals surface area contributed by atoms with Crippen LogP contribution in [0.15, 0.2) is 18.2 Å². The van der Waals surface area contributed by atoms with E-state index < -0.39 is 0 Å². The van der Waals surface area contributed by atoms with Crippen molar-refractivity contribution < 1.29 is 30.9 Å². The van der Waals surface area contributed by atoms with Crippen molar-refractivity contribution >= 4 is 5.71 Å². The summed E-state index contributed by atoms with van der Waals surface area (Å²) in [5.74, 6) is 0.635. The molecule has 0 N–H and O–H groups in total. The van der Waals surface area contributed by atoms with Crippen molar-refractivity contribution in [2.45, 2.75) is 6.92 Å². The van der Waals surface area contributed by atoms with Crippen LogP contribution in [0.5, 0.6) is 5.75 Å². The molecule has 0 amide bonds. The molecule has 10 radical (unpaired) electrons. The first-order valence-electron chi connectivity index (χ1n) is 6.66. The van der Waals surface area contributed by atoms with Gasteiger partial charge in [-0.3, -0.25) is 5.71 Å². The van der Waals surface area contributed by atoms with Gasteiger partial charge in [-0.05, 0) is 64.2 Å². The molecule has 22 heavy (non-hydrogen) atoms. The zero-order valence-electron chi connectivity index (χ0n) is 12.9. The van der Waals surface area contributed by atoms with E-state index in [1.165, 1.54) is 0 Å². The van der Waals surface area contributed by atoms with Crippen LogP contribution in [0, 0.1) is 70.3 Å². The molecule has 0 bridgehead atoms. The molecule has 2 saturated carbocycles. The molecule has 0 unspecified atom stereocenters. The van der Waals surface area contributed by atoms with Gasteiger partial charge in [-0.2, -0.15) is 5.56 Å². The first-order chi connectivity index (χ1) is 10.2. The Bertz CT molecular complexity index is 373. The molecule has 2 nitrogen and oxygen atoms in total. The van der Waals surface area contributed by atoms with Crippen LogP contribution in [0.4, 0.5) is 0 Å². The van der Waals surface area contributed by atoms with Crippen LogP contribution in [-0.4, -0.2) is 12.8 Å². The number of hydrogen-bond donors (Lipinski definition) is 0. The van der Waals surface area contributed by atoms with E-state index in [0.29, 0.717) is 11.3 Å². The maximum absolute atomic E-state index is 9.07. The third kappa shape index (κ3) is 10.3. The summed E-state index contributed by atoms with van der Waals surface area (Å²) in [5, 5.41) is 9.07. The summed E-state index contributed by atoms with van der Waals surface area (Å²) in [6.45, 7) is 1.62. The molecule has 2 aliphatic rings. The Morgan fingerprint density at radius 3 is 1.59 bits per heavy atom. The second kappa shape index (κ2) is 14.2. The summed E-state index contributed by atoms with van der Waals surface area (Å²) in [6, 6.07) is 8.25. The molecule has 0 saturated heterocycles. The Balaban J connectivity index is 0.000000334. The zero-order chi connectivity index (χ0) is 15.3. The molecule has 1 aromatic rings. The molecular weight excluding hydrogens is 349 g/mol. The van der Waals surface area contributed by atoms with Gasteiger partial charge < -0.3 is 10.1 Å². The topological polar surface area (TPSA) is 31.5 Å². The van der Waals surface area contributed by atoms with Crippen molar-refractivity contribution in [1.29, 1.82) is 0 Å². The summed E-state index contributed by atoms with van der Waals surface area (Å²) < 4.78 is 4.92. The average molecular weight is 369 g/mol. The minimum Gasteiger partial charge on any atom is -0.859 e.